The van der Waals surface area contributed by atoms with Crippen molar-refractivity contribution in [3.8, 4) is 0 Å². The van der Waals surface area contributed by atoms with Crippen LogP contribution < -0.4 is 21.3 Å². The first-order valence-electron chi connectivity index (χ1n) is 6.75. The van der Waals surface area contributed by atoms with Crippen LogP contribution in [0.25, 0.3) is 0 Å². The van der Waals surface area contributed by atoms with Gasteiger partial charge in [0.25, 0.3) is 5.76 Å². The lowest BCUT2D eigenvalue weighted by Gasteiger charge is -2.13. The Morgan fingerprint density at radius 3 is 2.12 bits per heavy atom. The van der Waals surface area contributed by atoms with E-state index < -0.39 is 15.8 Å². The van der Waals surface area contributed by atoms with E-state index in [1.54, 1.807) is 24.3 Å². The Kier molecular flexibility index (Phi) is 6.53. The van der Waals surface area contributed by atoms with Gasteiger partial charge in [-0.25, -0.2) is 13.6 Å². The van der Waals surface area contributed by atoms with Crippen molar-refractivity contribution >= 4 is 50.5 Å². The lowest BCUT2D eigenvalue weighted by atomic mass is 10.3. The summed E-state index contributed by atoms with van der Waals surface area (Å²) in [6, 6.07) is 12.1. The quantitative estimate of drug-likeness (QED) is 0.334. The second-order valence-corrected chi connectivity index (χ2v) is 7.71. The van der Waals surface area contributed by atoms with E-state index in [0.29, 0.717) is 28.0 Å². The fourth-order valence-corrected chi connectivity index (χ4v) is 2.92. The lowest BCUT2D eigenvalue weighted by Crippen LogP contribution is -2.33. The number of rotatable bonds is 6. The van der Waals surface area contributed by atoms with Crippen molar-refractivity contribution < 1.29 is 17.2 Å². The van der Waals surface area contributed by atoms with Gasteiger partial charge in [-0.05, 0) is 60.7 Å². The number of nitrogens with one attached hydrogen (secondary N) is 3. The smallest absolute Gasteiger partial charge is 0.288 e. The molecule has 6 nitrogen and oxygen atoms in total. The zero-order valence-electron chi connectivity index (χ0n) is 12.6. The molecule has 0 aliphatic carbocycles. The summed E-state index contributed by atoms with van der Waals surface area (Å²) in [5.74, 6) is -2.47. The van der Waals surface area contributed by atoms with Crippen molar-refractivity contribution in [2.24, 2.45) is 5.14 Å². The van der Waals surface area contributed by atoms with Gasteiger partial charge in [-0.3, -0.25) is 10.9 Å². The fraction of sp³-hybridized carbons (Fsp3) is 0.0714. The Morgan fingerprint density at radius 2 is 1.60 bits per heavy atom. The molecule has 11 heteroatoms. The molecule has 0 bridgehead atoms. The van der Waals surface area contributed by atoms with Gasteiger partial charge in [-0.1, -0.05) is 11.8 Å². The maximum Gasteiger partial charge on any atom is 0.288 e. The third-order valence-electron chi connectivity index (χ3n) is 2.84. The minimum absolute atomic E-state index is 0.000471. The molecule has 2 aromatic rings. The minimum Gasteiger partial charge on any atom is -0.331 e. The number of hydrogen-bond donors (Lipinski definition) is 4. The van der Waals surface area contributed by atoms with Crippen molar-refractivity contribution in [3.63, 3.8) is 0 Å². The van der Waals surface area contributed by atoms with Crippen LogP contribution in [0.5, 0.6) is 0 Å². The summed E-state index contributed by atoms with van der Waals surface area (Å²) in [5, 5.41) is 8.13. The van der Waals surface area contributed by atoms with E-state index in [0.717, 1.165) is 0 Å². The van der Waals surface area contributed by atoms with Crippen molar-refractivity contribution in [2.45, 2.75) is 15.5 Å². The van der Waals surface area contributed by atoms with Crippen LogP contribution in [0.3, 0.4) is 0 Å². The molecule has 0 radical (unpaired) electrons. The predicted octanol–water partition coefficient (Wildman–Crippen LogP) is 2.96. The van der Waals surface area contributed by atoms with Gasteiger partial charge in [0.15, 0.2) is 5.11 Å². The van der Waals surface area contributed by atoms with E-state index >= 15 is 0 Å². The maximum atomic E-state index is 12.3. The third-order valence-corrected chi connectivity index (χ3v) is 4.70. The van der Waals surface area contributed by atoms with E-state index in [9.17, 15) is 17.2 Å². The highest BCUT2D eigenvalue weighted by molar-refractivity contribution is 7.99. The van der Waals surface area contributed by atoms with Crippen LogP contribution in [0.4, 0.5) is 20.2 Å². The summed E-state index contributed by atoms with van der Waals surface area (Å²) in [5.41, 5.74) is 6.70. The van der Waals surface area contributed by atoms with Gasteiger partial charge in [0.1, 0.15) is 0 Å². The second kappa shape index (κ2) is 8.43. The highest BCUT2D eigenvalue weighted by atomic mass is 32.2. The molecule has 2 aromatic carbocycles. The number of thioether (sulfide) groups is 1. The van der Waals surface area contributed by atoms with Gasteiger partial charge in [-0.2, -0.15) is 8.78 Å². The van der Waals surface area contributed by atoms with Crippen LogP contribution in [0.1, 0.15) is 0 Å². The molecule has 0 fully saturated rings. The number of primary sulfonamides is 1. The number of hydrazine groups is 1. The molecular weight excluding hydrogens is 390 g/mol. The number of benzene rings is 2. The van der Waals surface area contributed by atoms with Crippen LogP contribution in [-0.2, 0) is 10.0 Å². The maximum absolute atomic E-state index is 12.3. The molecule has 0 aliphatic heterocycles. The standard InChI is InChI=1S/C14H14F2N4O2S3/c15-13(16)24-11-5-1-9(2-6-11)18-14(23)20-19-10-3-7-12(8-4-10)25(17,21)22/h1-8,13,19H,(H2,17,21,22)(H2,18,20,23). The first-order valence-corrected chi connectivity index (χ1v) is 9.58. The molecule has 0 aromatic heterocycles. The van der Waals surface area contributed by atoms with Crippen LogP contribution >= 0.6 is 24.0 Å². The molecule has 0 spiro atoms. The van der Waals surface area contributed by atoms with Crippen molar-refractivity contribution in [1.29, 1.82) is 0 Å². The minimum atomic E-state index is -3.74. The molecule has 5 N–H and O–H groups in total. The lowest BCUT2D eigenvalue weighted by molar-refractivity contribution is 0.252. The Labute approximate surface area is 153 Å². The number of anilines is 2. The first-order chi connectivity index (χ1) is 11.7. The summed E-state index contributed by atoms with van der Waals surface area (Å²) >= 11 is 5.56. The zero-order chi connectivity index (χ0) is 18.4. The van der Waals surface area contributed by atoms with E-state index in [2.05, 4.69) is 16.2 Å². The Balaban J connectivity index is 1.86. The van der Waals surface area contributed by atoms with Gasteiger partial charge in [0.05, 0.1) is 10.6 Å². The van der Waals surface area contributed by atoms with Crippen LogP contribution in [-0.4, -0.2) is 19.3 Å². The molecule has 134 valence electrons. The SMILES string of the molecule is NS(=O)(=O)c1ccc(NNC(=S)Nc2ccc(SC(F)F)cc2)cc1. The molecule has 0 atom stereocenters. The Morgan fingerprint density at radius 1 is 1.04 bits per heavy atom. The molecule has 0 amide bonds. The van der Waals surface area contributed by atoms with E-state index in [1.165, 1.54) is 24.3 Å². The third kappa shape index (κ3) is 6.46. The summed E-state index contributed by atoms with van der Waals surface area (Å²) in [6.45, 7) is 0. The van der Waals surface area contributed by atoms with E-state index in [1.807, 2.05) is 0 Å². The molecule has 0 heterocycles. The molecule has 2 rings (SSSR count). The van der Waals surface area contributed by atoms with Crippen LogP contribution in [0.2, 0.25) is 0 Å². The number of halogens is 2. The molecule has 0 unspecified atom stereocenters. The van der Waals surface area contributed by atoms with Gasteiger partial charge >= 0.3 is 0 Å². The van der Waals surface area contributed by atoms with E-state index in [4.69, 9.17) is 17.4 Å². The molecule has 0 aliphatic rings. The monoisotopic (exact) mass is 404 g/mol. The molecular formula is C14H14F2N4O2S3. The van der Waals surface area contributed by atoms with Gasteiger partial charge < -0.3 is 5.32 Å². The molecule has 0 saturated heterocycles. The summed E-state index contributed by atoms with van der Waals surface area (Å²) in [4.78, 5) is 0.452. The normalized spacial score (nSPS) is 11.2. The zero-order valence-corrected chi connectivity index (χ0v) is 15.0. The fourth-order valence-electron chi connectivity index (χ4n) is 1.74. The summed E-state index contributed by atoms with van der Waals surface area (Å²) in [7, 11) is -3.74. The average molecular weight is 404 g/mol. The van der Waals surface area contributed by atoms with Gasteiger partial charge in [0, 0.05) is 10.6 Å². The summed E-state index contributed by atoms with van der Waals surface area (Å²) in [6.07, 6.45) is 0. The van der Waals surface area contributed by atoms with Crippen molar-refractivity contribution in [3.05, 3.63) is 48.5 Å². The topological polar surface area (TPSA) is 96.2 Å². The molecule has 25 heavy (non-hydrogen) atoms. The number of sulfonamides is 1. The van der Waals surface area contributed by atoms with Crippen LogP contribution in [0.15, 0.2) is 58.3 Å². The largest absolute Gasteiger partial charge is 0.331 e. The van der Waals surface area contributed by atoms with Gasteiger partial charge in [-0.15, -0.1) is 0 Å². The van der Waals surface area contributed by atoms with Crippen molar-refractivity contribution in [2.75, 3.05) is 10.7 Å². The van der Waals surface area contributed by atoms with Gasteiger partial charge in [0.2, 0.25) is 10.0 Å². The number of nitrogens with two attached hydrogens (primary N) is 1. The highest BCUT2D eigenvalue weighted by Gasteiger charge is 2.07. The molecule has 0 saturated carbocycles. The predicted molar refractivity (Wildman–Crippen MR) is 99.1 cm³/mol. The number of alkyl halides is 2. The average Bonchev–Trinajstić information content (AvgIpc) is 2.54. The van der Waals surface area contributed by atoms with E-state index in [-0.39, 0.29) is 10.0 Å². The Bertz CT molecular complexity index is 828. The van der Waals surface area contributed by atoms with Crippen molar-refractivity contribution in [1.82, 2.24) is 5.43 Å². The first kappa shape index (κ1) is 19.4. The number of hydrogen-bond acceptors (Lipinski definition) is 5. The van der Waals surface area contributed by atoms with Crippen LogP contribution in [0, 0.1) is 0 Å². The highest BCUT2D eigenvalue weighted by Crippen LogP contribution is 2.26. The summed E-state index contributed by atoms with van der Waals surface area (Å²) < 4.78 is 46.8. The second-order valence-electron chi connectivity index (χ2n) is 4.68. The Hall–Kier alpha value is -1.95. The number of thiocarbonyl (C=S) groups is 1.